The average molecular weight is 306 g/mol. The summed E-state index contributed by atoms with van der Waals surface area (Å²) in [4.78, 5) is 1.46. The zero-order valence-corrected chi connectivity index (χ0v) is 12.5. The molecule has 0 fully saturated rings. The Labute approximate surface area is 118 Å². The Kier molecular flexibility index (Phi) is 6.35. The van der Waals surface area contributed by atoms with E-state index in [-0.39, 0.29) is 4.90 Å². The summed E-state index contributed by atoms with van der Waals surface area (Å²) in [6.45, 7) is 6.38. The van der Waals surface area contributed by atoms with Gasteiger partial charge in [0.1, 0.15) is 0 Å². The first-order valence-corrected chi connectivity index (χ1v) is 8.06. The fourth-order valence-corrected chi connectivity index (χ4v) is 2.84. The molecule has 1 rings (SSSR count). The van der Waals surface area contributed by atoms with Gasteiger partial charge in [0, 0.05) is 19.6 Å². The number of hydrogen-bond acceptors (Lipinski definition) is 4. The number of para-hydroxylation sites is 1. The maximum Gasteiger partial charge on any atom is 0.341 e. The summed E-state index contributed by atoms with van der Waals surface area (Å²) in [5.41, 5.74) is 0.327. The van der Waals surface area contributed by atoms with Gasteiger partial charge in [0.05, 0.1) is 10.6 Å². The largest absolute Gasteiger partial charge is 0.369 e. The van der Waals surface area contributed by atoms with Gasteiger partial charge in [0.25, 0.3) is 0 Å². The average Bonchev–Trinajstić information content (AvgIpc) is 2.43. The summed E-state index contributed by atoms with van der Waals surface area (Å²) < 4.78 is 48.9. The number of anilines is 1. The highest BCUT2D eigenvalue weighted by atomic mass is 32.2. The SMILES string of the molecule is CCNCCN(CC)c1ccccc1S(=O)(=O)C(F)F. The van der Waals surface area contributed by atoms with Gasteiger partial charge in [0.2, 0.25) is 9.84 Å². The molecule has 7 heteroatoms. The van der Waals surface area contributed by atoms with Crippen LogP contribution in [-0.2, 0) is 9.84 Å². The van der Waals surface area contributed by atoms with Gasteiger partial charge < -0.3 is 10.2 Å². The molecule has 1 aromatic rings. The lowest BCUT2D eigenvalue weighted by molar-refractivity contribution is 0.235. The fraction of sp³-hybridized carbons (Fsp3) is 0.538. The Hall–Kier alpha value is -1.21. The van der Waals surface area contributed by atoms with E-state index in [9.17, 15) is 17.2 Å². The number of alkyl halides is 2. The van der Waals surface area contributed by atoms with Crippen LogP contribution in [0.4, 0.5) is 14.5 Å². The Morgan fingerprint density at radius 1 is 1.25 bits per heavy atom. The Morgan fingerprint density at radius 3 is 2.45 bits per heavy atom. The van der Waals surface area contributed by atoms with E-state index in [0.29, 0.717) is 25.3 Å². The van der Waals surface area contributed by atoms with Crippen LogP contribution >= 0.6 is 0 Å². The highest BCUT2D eigenvalue weighted by Crippen LogP contribution is 2.28. The van der Waals surface area contributed by atoms with Gasteiger partial charge in [-0.3, -0.25) is 0 Å². The predicted molar refractivity (Wildman–Crippen MR) is 76.1 cm³/mol. The lowest BCUT2D eigenvalue weighted by atomic mass is 10.3. The van der Waals surface area contributed by atoms with Crippen molar-refractivity contribution in [1.82, 2.24) is 5.32 Å². The maximum atomic E-state index is 12.7. The van der Waals surface area contributed by atoms with Crippen LogP contribution < -0.4 is 10.2 Å². The zero-order chi connectivity index (χ0) is 15.2. The van der Waals surface area contributed by atoms with Crippen LogP contribution in [0.15, 0.2) is 29.2 Å². The molecule has 1 aromatic carbocycles. The van der Waals surface area contributed by atoms with E-state index in [1.807, 2.05) is 13.8 Å². The fourth-order valence-electron chi connectivity index (χ4n) is 1.89. The van der Waals surface area contributed by atoms with Crippen LogP contribution in [0, 0.1) is 0 Å². The molecule has 0 unspecified atom stereocenters. The quantitative estimate of drug-likeness (QED) is 0.748. The number of halogens is 2. The number of benzene rings is 1. The lowest BCUT2D eigenvalue weighted by Crippen LogP contribution is -2.33. The van der Waals surface area contributed by atoms with E-state index in [2.05, 4.69) is 5.32 Å². The Balaban J connectivity index is 3.11. The molecule has 0 atom stereocenters. The molecule has 4 nitrogen and oxygen atoms in total. The summed E-state index contributed by atoms with van der Waals surface area (Å²) in [5, 5.41) is 3.12. The summed E-state index contributed by atoms with van der Waals surface area (Å²) in [6.07, 6.45) is 0. The molecule has 1 N–H and O–H groups in total. The van der Waals surface area contributed by atoms with E-state index in [4.69, 9.17) is 0 Å². The van der Waals surface area contributed by atoms with E-state index in [1.54, 1.807) is 17.0 Å². The Morgan fingerprint density at radius 2 is 1.90 bits per heavy atom. The topological polar surface area (TPSA) is 49.4 Å². The predicted octanol–water partition coefficient (Wildman–Crippen LogP) is 2.12. The first-order valence-electron chi connectivity index (χ1n) is 6.51. The minimum Gasteiger partial charge on any atom is -0.369 e. The minimum atomic E-state index is -4.59. The van der Waals surface area contributed by atoms with E-state index < -0.39 is 15.6 Å². The van der Waals surface area contributed by atoms with Crippen LogP contribution in [0.3, 0.4) is 0 Å². The van der Waals surface area contributed by atoms with Crippen molar-refractivity contribution in [2.45, 2.75) is 24.5 Å². The first kappa shape index (κ1) is 16.8. The van der Waals surface area contributed by atoms with Crippen LogP contribution in [0.2, 0.25) is 0 Å². The van der Waals surface area contributed by atoms with Crippen LogP contribution in [-0.4, -0.2) is 40.4 Å². The second-order valence-electron chi connectivity index (χ2n) is 4.21. The van der Waals surface area contributed by atoms with Crippen molar-refractivity contribution in [3.05, 3.63) is 24.3 Å². The van der Waals surface area contributed by atoms with Gasteiger partial charge in [-0.1, -0.05) is 19.1 Å². The smallest absolute Gasteiger partial charge is 0.341 e. The van der Waals surface area contributed by atoms with Crippen LogP contribution in [0.1, 0.15) is 13.8 Å². The van der Waals surface area contributed by atoms with Crippen LogP contribution in [0.25, 0.3) is 0 Å². The lowest BCUT2D eigenvalue weighted by Gasteiger charge is -2.25. The van der Waals surface area contributed by atoms with Crippen molar-refractivity contribution >= 4 is 15.5 Å². The van der Waals surface area contributed by atoms with Crippen molar-refractivity contribution in [3.63, 3.8) is 0 Å². The van der Waals surface area contributed by atoms with Crippen molar-refractivity contribution in [2.24, 2.45) is 0 Å². The molecule has 20 heavy (non-hydrogen) atoms. The molecule has 0 aliphatic carbocycles. The molecule has 0 radical (unpaired) electrons. The minimum absolute atomic E-state index is 0.312. The number of hydrogen-bond donors (Lipinski definition) is 1. The van der Waals surface area contributed by atoms with Gasteiger partial charge >= 0.3 is 5.76 Å². The number of nitrogens with zero attached hydrogens (tertiary/aromatic N) is 1. The highest BCUT2D eigenvalue weighted by molar-refractivity contribution is 7.91. The van der Waals surface area contributed by atoms with E-state index in [0.717, 1.165) is 6.54 Å². The van der Waals surface area contributed by atoms with Gasteiger partial charge in [0.15, 0.2) is 0 Å². The highest BCUT2D eigenvalue weighted by Gasteiger charge is 2.30. The molecule has 0 spiro atoms. The Bertz CT molecular complexity index is 521. The molecule has 0 heterocycles. The number of nitrogens with one attached hydrogen (secondary N) is 1. The number of likely N-dealkylation sites (N-methyl/N-ethyl adjacent to an activating group) is 2. The van der Waals surface area contributed by atoms with Crippen molar-refractivity contribution in [2.75, 3.05) is 31.1 Å². The molecule has 0 saturated heterocycles. The van der Waals surface area contributed by atoms with Crippen molar-refractivity contribution in [3.8, 4) is 0 Å². The molecular formula is C13H20F2N2O2S. The van der Waals surface area contributed by atoms with E-state index in [1.165, 1.54) is 12.1 Å². The van der Waals surface area contributed by atoms with E-state index >= 15 is 0 Å². The maximum absolute atomic E-state index is 12.7. The number of rotatable bonds is 8. The van der Waals surface area contributed by atoms with Gasteiger partial charge in [-0.25, -0.2) is 8.42 Å². The first-order chi connectivity index (χ1) is 9.45. The summed E-state index contributed by atoms with van der Waals surface area (Å²) in [5.74, 6) is -3.41. The molecule has 0 aromatic heterocycles. The molecule has 114 valence electrons. The second kappa shape index (κ2) is 7.54. The second-order valence-corrected chi connectivity index (χ2v) is 6.09. The summed E-state index contributed by atoms with van der Waals surface area (Å²) in [6, 6.07) is 5.89. The molecule has 0 aliphatic rings. The van der Waals surface area contributed by atoms with Crippen LogP contribution in [0.5, 0.6) is 0 Å². The van der Waals surface area contributed by atoms with Gasteiger partial charge in [-0.2, -0.15) is 8.78 Å². The third kappa shape index (κ3) is 3.89. The molecule has 0 amide bonds. The summed E-state index contributed by atoms with van der Waals surface area (Å²) >= 11 is 0. The number of sulfone groups is 1. The van der Waals surface area contributed by atoms with Gasteiger partial charge in [-0.15, -0.1) is 0 Å². The monoisotopic (exact) mass is 306 g/mol. The van der Waals surface area contributed by atoms with Crippen molar-refractivity contribution < 1.29 is 17.2 Å². The molecule has 0 aliphatic heterocycles. The molecular weight excluding hydrogens is 286 g/mol. The molecule has 0 bridgehead atoms. The third-order valence-electron chi connectivity index (χ3n) is 2.94. The van der Waals surface area contributed by atoms with Gasteiger partial charge in [-0.05, 0) is 25.6 Å². The molecule has 0 saturated carbocycles. The normalized spacial score (nSPS) is 11.8. The standard InChI is InChI=1S/C13H20F2N2O2S/c1-3-16-9-10-17(4-2)11-7-5-6-8-12(11)20(18,19)13(14)15/h5-8,13,16H,3-4,9-10H2,1-2H3. The van der Waals surface area contributed by atoms with Crippen molar-refractivity contribution in [1.29, 1.82) is 0 Å². The summed E-state index contributed by atoms with van der Waals surface area (Å²) in [7, 11) is -4.59. The zero-order valence-electron chi connectivity index (χ0n) is 11.6. The third-order valence-corrected chi connectivity index (χ3v) is 4.36.